The van der Waals surface area contributed by atoms with E-state index in [9.17, 15) is 18.5 Å². The number of amides is 1. The highest BCUT2D eigenvalue weighted by atomic mass is 32.2. The number of ether oxygens (including phenoxy) is 3. The second kappa shape index (κ2) is 10.8. The van der Waals surface area contributed by atoms with Crippen LogP contribution in [0.15, 0.2) is 30.5 Å². The fourth-order valence-corrected chi connectivity index (χ4v) is 6.50. The smallest absolute Gasteiger partial charge is 0.231 e. The van der Waals surface area contributed by atoms with Crippen molar-refractivity contribution >= 4 is 27.1 Å². The molecular formula is C27H28N4O6S. The minimum absolute atomic E-state index is 0.00138. The van der Waals surface area contributed by atoms with Crippen molar-refractivity contribution in [3.8, 4) is 35.5 Å². The van der Waals surface area contributed by atoms with Crippen molar-refractivity contribution in [2.45, 2.75) is 19.3 Å². The average Bonchev–Trinajstić information content (AvgIpc) is 3.41. The monoisotopic (exact) mass is 536 g/mol. The van der Waals surface area contributed by atoms with E-state index < -0.39 is 9.84 Å². The number of carbonyl (C=O) groups is 1. The second-order valence-corrected chi connectivity index (χ2v) is 11.8. The van der Waals surface area contributed by atoms with Gasteiger partial charge in [-0.2, -0.15) is 5.26 Å². The molecule has 0 spiro atoms. The highest BCUT2D eigenvalue weighted by Crippen LogP contribution is 2.39. The molecule has 1 aromatic heterocycles. The molecule has 1 aromatic carbocycles. The molecule has 4 heterocycles. The van der Waals surface area contributed by atoms with E-state index in [0.29, 0.717) is 56.1 Å². The summed E-state index contributed by atoms with van der Waals surface area (Å²) in [6.45, 7) is 2.19. The van der Waals surface area contributed by atoms with Crippen LogP contribution in [0.25, 0.3) is 0 Å². The number of carbonyl (C=O) groups excluding carboxylic acids is 1. The number of nitriles is 1. The standard InChI is InChI=1S/C27H28N4O6S/c1-35-26-21(16-28)14-22(17-29-26)31-9-11-37-25-3-2-23(15-24(25)31)36-10-5-19-4-8-30(18-19)27(32)20-6-12-38(33,34)13-7-20/h2-3,14-15,17,19-20H,4,6-9,11-13,18H2,1H3. The lowest BCUT2D eigenvalue weighted by Crippen LogP contribution is -2.38. The first-order valence-corrected chi connectivity index (χ1v) is 14.3. The number of anilines is 2. The Morgan fingerprint density at radius 2 is 2.00 bits per heavy atom. The number of sulfone groups is 1. The molecule has 1 unspecified atom stereocenters. The van der Waals surface area contributed by atoms with Crippen molar-refractivity contribution in [1.29, 1.82) is 5.26 Å². The normalized spacial score (nSPS) is 20.4. The summed E-state index contributed by atoms with van der Waals surface area (Å²) >= 11 is 0. The molecule has 1 amide bonds. The molecule has 0 N–H and O–H groups in total. The molecule has 2 aromatic rings. The summed E-state index contributed by atoms with van der Waals surface area (Å²) in [5, 5.41) is 9.44. The quantitative estimate of drug-likeness (QED) is 0.543. The number of hydrogen-bond acceptors (Lipinski definition) is 9. The summed E-state index contributed by atoms with van der Waals surface area (Å²) < 4.78 is 40.0. The van der Waals surface area contributed by atoms with E-state index >= 15 is 0 Å². The fourth-order valence-electron chi connectivity index (χ4n) is 5.01. The third-order valence-electron chi connectivity index (χ3n) is 7.09. The number of rotatable bonds is 4. The van der Waals surface area contributed by atoms with E-state index in [4.69, 9.17) is 14.2 Å². The first kappa shape index (κ1) is 25.7. The number of likely N-dealkylation sites (tertiary alicyclic amines) is 1. The average molecular weight is 537 g/mol. The Kier molecular flexibility index (Phi) is 7.30. The first-order chi connectivity index (χ1) is 18.4. The van der Waals surface area contributed by atoms with Crippen LogP contribution >= 0.6 is 0 Å². The van der Waals surface area contributed by atoms with E-state index in [1.165, 1.54) is 7.11 Å². The van der Waals surface area contributed by atoms with Crippen LogP contribution in [0, 0.1) is 35.2 Å². The number of aromatic nitrogens is 1. The third-order valence-corrected chi connectivity index (χ3v) is 8.81. The molecule has 198 valence electrons. The molecular weight excluding hydrogens is 508 g/mol. The van der Waals surface area contributed by atoms with Crippen LogP contribution < -0.4 is 19.1 Å². The van der Waals surface area contributed by atoms with Gasteiger partial charge in [-0.05, 0) is 37.5 Å². The zero-order valence-corrected chi connectivity index (χ0v) is 21.9. The van der Waals surface area contributed by atoms with Gasteiger partial charge in [-0.3, -0.25) is 4.79 Å². The van der Waals surface area contributed by atoms with Gasteiger partial charge >= 0.3 is 0 Å². The molecule has 10 nitrogen and oxygen atoms in total. The third kappa shape index (κ3) is 5.48. The number of hydrogen-bond donors (Lipinski definition) is 0. The summed E-state index contributed by atoms with van der Waals surface area (Å²) in [6.07, 6.45) is 6.01. The maximum Gasteiger partial charge on any atom is 0.231 e. The lowest BCUT2D eigenvalue weighted by Gasteiger charge is -2.31. The van der Waals surface area contributed by atoms with Crippen LogP contribution in [-0.2, 0) is 14.6 Å². The van der Waals surface area contributed by atoms with Crippen LogP contribution in [0.2, 0.25) is 0 Å². The highest BCUT2D eigenvalue weighted by molar-refractivity contribution is 7.91. The van der Waals surface area contributed by atoms with E-state index in [2.05, 4.69) is 23.1 Å². The molecule has 11 heteroatoms. The van der Waals surface area contributed by atoms with Gasteiger partial charge in [-0.15, -0.1) is 0 Å². The van der Waals surface area contributed by atoms with Crippen molar-refractivity contribution in [2.75, 3.05) is 49.8 Å². The molecule has 5 rings (SSSR count). The summed E-state index contributed by atoms with van der Waals surface area (Å²) in [5.74, 6) is 4.62. The summed E-state index contributed by atoms with van der Waals surface area (Å²) in [5.41, 5.74) is 1.86. The van der Waals surface area contributed by atoms with Crippen molar-refractivity contribution in [2.24, 2.45) is 11.8 Å². The lowest BCUT2D eigenvalue weighted by atomic mass is 10.0. The van der Waals surface area contributed by atoms with Gasteiger partial charge in [0, 0.05) is 31.0 Å². The fraction of sp³-hybridized carbons (Fsp3) is 0.444. The van der Waals surface area contributed by atoms with Crippen molar-refractivity contribution in [3.05, 3.63) is 36.0 Å². The summed E-state index contributed by atoms with van der Waals surface area (Å²) in [4.78, 5) is 20.9. The van der Waals surface area contributed by atoms with Crippen molar-refractivity contribution < 1.29 is 27.4 Å². The summed E-state index contributed by atoms with van der Waals surface area (Å²) in [6, 6.07) is 9.28. The predicted octanol–water partition coefficient (Wildman–Crippen LogP) is 2.51. The predicted molar refractivity (Wildman–Crippen MR) is 139 cm³/mol. The number of methoxy groups -OCH3 is 1. The van der Waals surface area contributed by atoms with Gasteiger partial charge in [0.05, 0.1) is 42.7 Å². The Hall–Kier alpha value is -3.96. The van der Waals surface area contributed by atoms with Gasteiger partial charge in [-0.25, -0.2) is 13.4 Å². The highest BCUT2D eigenvalue weighted by Gasteiger charge is 2.34. The van der Waals surface area contributed by atoms with Gasteiger partial charge < -0.3 is 24.0 Å². The number of pyridine rings is 1. The van der Waals surface area contributed by atoms with Gasteiger partial charge in [0.25, 0.3) is 0 Å². The van der Waals surface area contributed by atoms with E-state index in [1.807, 2.05) is 17.0 Å². The van der Waals surface area contributed by atoms with Crippen LogP contribution in [0.4, 0.5) is 11.4 Å². The Bertz CT molecular complexity index is 1430. The zero-order valence-electron chi connectivity index (χ0n) is 21.1. The van der Waals surface area contributed by atoms with Crippen LogP contribution in [0.5, 0.6) is 17.4 Å². The molecule has 3 aliphatic rings. The Labute approximate surface area is 222 Å². The SMILES string of the molecule is COc1ncc(N2CCOc3ccc(OC#CC4CCN(C(=O)C5CCS(=O)(=O)CC5)C4)cc32)cc1C#N. The van der Waals surface area contributed by atoms with Gasteiger partial charge in [0.2, 0.25) is 11.8 Å². The van der Waals surface area contributed by atoms with E-state index in [0.717, 1.165) is 17.8 Å². The molecule has 1 atom stereocenters. The second-order valence-electron chi connectivity index (χ2n) is 9.54. The lowest BCUT2D eigenvalue weighted by molar-refractivity contribution is -0.134. The number of fused-ring (bicyclic) bond motifs is 1. The van der Waals surface area contributed by atoms with E-state index in [1.54, 1.807) is 23.2 Å². The number of nitrogens with zero attached hydrogens (tertiary/aromatic N) is 4. The molecule has 2 fully saturated rings. The molecule has 0 radical (unpaired) electrons. The van der Waals surface area contributed by atoms with Gasteiger partial charge in [0.1, 0.15) is 45.7 Å². The summed E-state index contributed by atoms with van der Waals surface area (Å²) in [7, 11) is -1.52. The molecule has 0 bridgehead atoms. The minimum Gasteiger partial charge on any atom is -0.490 e. The van der Waals surface area contributed by atoms with Gasteiger partial charge in [-0.1, -0.05) is 5.92 Å². The topological polar surface area (TPSA) is 122 Å². The molecule has 2 saturated heterocycles. The van der Waals surface area contributed by atoms with Crippen molar-refractivity contribution in [1.82, 2.24) is 9.88 Å². The maximum atomic E-state index is 12.8. The van der Waals surface area contributed by atoms with Crippen LogP contribution in [0.3, 0.4) is 0 Å². The first-order valence-electron chi connectivity index (χ1n) is 12.5. The number of benzene rings is 1. The Morgan fingerprint density at radius 1 is 1.18 bits per heavy atom. The maximum absolute atomic E-state index is 12.8. The van der Waals surface area contributed by atoms with E-state index in [-0.39, 0.29) is 35.1 Å². The van der Waals surface area contributed by atoms with Crippen LogP contribution in [0.1, 0.15) is 24.8 Å². The van der Waals surface area contributed by atoms with Crippen molar-refractivity contribution in [3.63, 3.8) is 0 Å². The Balaban J connectivity index is 1.23. The molecule has 0 saturated carbocycles. The molecule has 3 aliphatic heterocycles. The Morgan fingerprint density at radius 3 is 2.76 bits per heavy atom. The minimum atomic E-state index is -2.99. The zero-order chi connectivity index (χ0) is 26.7. The molecule has 38 heavy (non-hydrogen) atoms. The largest absolute Gasteiger partial charge is 0.490 e. The van der Waals surface area contributed by atoms with Gasteiger partial charge in [0.15, 0.2) is 0 Å². The van der Waals surface area contributed by atoms with Crippen LogP contribution in [-0.4, -0.2) is 69.1 Å². The molecule has 0 aliphatic carbocycles.